The zero-order chi connectivity index (χ0) is 30.5. The minimum atomic E-state index is -4.24. The Hall–Kier alpha value is -2.54. The summed E-state index contributed by atoms with van der Waals surface area (Å²) < 4.78 is 26.1. The van der Waals surface area contributed by atoms with Gasteiger partial charge in [-0.2, -0.15) is 0 Å². The van der Waals surface area contributed by atoms with Crippen molar-refractivity contribution in [2.75, 3.05) is 32.7 Å². The lowest BCUT2D eigenvalue weighted by atomic mass is 9.84. The van der Waals surface area contributed by atoms with Crippen LogP contribution < -0.4 is 20.8 Å². The minimum absolute atomic E-state index is 0.0855. The number of sulfonamides is 1. The third kappa shape index (κ3) is 10.6. The first-order chi connectivity index (χ1) is 20.1. The summed E-state index contributed by atoms with van der Waals surface area (Å²) in [6, 6.07) is 4.76. The number of hydrogen-bond acceptors (Lipinski definition) is 7. The quantitative estimate of drug-likeness (QED) is 0.179. The number of amides is 2. The lowest BCUT2D eigenvalue weighted by Crippen LogP contribution is -2.56. The highest BCUT2D eigenvalue weighted by molar-refractivity contribution is 7.89. The van der Waals surface area contributed by atoms with Gasteiger partial charge >= 0.3 is 5.97 Å². The Labute approximate surface area is 250 Å². The van der Waals surface area contributed by atoms with E-state index in [0.29, 0.717) is 16.8 Å². The predicted molar refractivity (Wildman–Crippen MR) is 161 cm³/mol. The van der Waals surface area contributed by atoms with Crippen molar-refractivity contribution in [2.45, 2.75) is 89.0 Å². The fourth-order valence-corrected chi connectivity index (χ4v) is 6.89. The molecule has 0 aromatic heterocycles. The summed E-state index contributed by atoms with van der Waals surface area (Å²) in [6.45, 7) is 6.68. The lowest BCUT2D eigenvalue weighted by Gasteiger charge is -2.28. The molecule has 0 bridgehead atoms. The molecule has 2 aliphatic heterocycles. The molecule has 2 fully saturated rings. The molecule has 11 nitrogen and oxygen atoms in total. The topological polar surface area (TPSA) is 157 Å². The van der Waals surface area contributed by atoms with Gasteiger partial charge in [0, 0.05) is 5.92 Å². The van der Waals surface area contributed by atoms with Crippen LogP contribution in [0.1, 0.15) is 77.2 Å². The molecule has 0 aliphatic carbocycles. The molecule has 2 saturated heterocycles. The minimum Gasteiger partial charge on any atom is -0.480 e. The standard InChI is InChI=1S/C30H49N5O6S/c1-3-4-23-7-11-27(12-8-23)42(40,41)34-35(22(2)30(38)39)28(36)21-33-29(37)26(9-5-24-13-17-31-18-14-24)10-6-25-15-19-32-20-16-25/h7-8,11-12,22,24-26,31-32,34H,3-6,9-10,13-21H2,1-2H3,(H,33,37)(H,38,39). The average Bonchev–Trinajstić information content (AvgIpc) is 2.99. The number of piperidine rings is 2. The molecule has 2 heterocycles. The van der Waals surface area contributed by atoms with Gasteiger partial charge in [-0.15, -0.1) is 4.83 Å². The second-order valence-electron chi connectivity index (χ2n) is 11.7. The van der Waals surface area contributed by atoms with E-state index in [0.717, 1.165) is 96.0 Å². The Morgan fingerprint density at radius 3 is 1.95 bits per heavy atom. The van der Waals surface area contributed by atoms with Crippen molar-refractivity contribution in [3.63, 3.8) is 0 Å². The number of nitrogens with one attached hydrogen (secondary N) is 4. The van der Waals surface area contributed by atoms with Gasteiger partial charge in [0.2, 0.25) is 5.91 Å². The lowest BCUT2D eigenvalue weighted by molar-refractivity contribution is -0.150. The van der Waals surface area contributed by atoms with Crippen LogP contribution in [0, 0.1) is 17.8 Å². The molecule has 5 N–H and O–H groups in total. The molecule has 1 atom stereocenters. The monoisotopic (exact) mass is 607 g/mol. The Morgan fingerprint density at radius 1 is 0.952 bits per heavy atom. The third-order valence-corrected chi connectivity index (χ3v) is 9.88. The Balaban J connectivity index is 1.65. The maximum absolute atomic E-state index is 13.3. The molecule has 1 unspecified atom stereocenters. The average molecular weight is 608 g/mol. The molecule has 0 spiro atoms. The van der Waals surface area contributed by atoms with E-state index in [2.05, 4.69) is 20.8 Å². The SMILES string of the molecule is CCCc1ccc(S(=O)(=O)NN(C(=O)CNC(=O)C(CCC2CCNCC2)CCC2CCNCC2)C(C)C(=O)O)cc1. The molecular weight excluding hydrogens is 558 g/mol. The zero-order valence-corrected chi connectivity index (χ0v) is 25.9. The van der Waals surface area contributed by atoms with Crippen LogP contribution in [0.2, 0.25) is 0 Å². The molecule has 3 rings (SSSR count). The molecule has 0 saturated carbocycles. The summed E-state index contributed by atoms with van der Waals surface area (Å²) >= 11 is 0. The largest absolute Gasteiger partial charge is 0.480 e. The summed E-state index contributed by atoms with van der Waals surface area (Å²) in [4.78, 5) is 40.4. The van der Waals surface area contributed by atoms with E-state index in [1.54, 1.807) is 12.1 Å². The fourth-order valence-electron chi connectivity index (χ4n) is 5.78. The number of carboxylic acids is 1. The van der Waals surface area contributed by atoms with Crippen LogP contribution in [0.15, 0.2) is 29.2 Å². The first-order valence-electron chi connectivity index (χ1n) is 15.5. The van der Waals surface area contributed by atoms with Gasteiger partial charge in [-0.05, 0) is 120 Å². The number of carbonyl (C=O) groups is 3. The van der Waals surface area contributed by atoms with Crippen molar-refractivity contribution in [1.82, 2.24) is 25.8 Å². The first-order valence-corrected chi connectivity index (χ1v) is 16.9. The van der Waals surface area contributed by atoms with Crippen molar-refractivity contribution in [3.05, 3.63) is 29.8 Å². The fraction of sp³-hybridized carbons (Fsp3) is 0.700. The molecule has 1 aromatic rings. The molecule has 42 heavy (non-hydrogen) atoms. The summed E-state index contributed by atoms with van der Waals surface area (Å²) in [5.41, 5.74) is 0.973. The van der Waals surface area contributed by atoms with E-state index in [4.69, 9.17) is 0 Å². The maximum Gasteiger partial charge on any atom is 0.327 e. The van der Waals surface area contributed by atoms with Crippen LogP contribution in [0.25, 0.3) is 0 Å². The number of benzene rings is 1. The Kier molecular flexibility index (Phi) is 13.7. The van der Waals surface area contributed by atoms with Crippen molar-refractivity contribution >= 4 is 27.8 Å². The maximum atomic E-state index is 13.3. The second kappa shape index (κ2) is 16.9. The van der Waals surface area contributed by atoms with Crippen molar-refractivity contribution in [3.8, 4) is 0 Å². The van der Waals surface area contributed by atoms with Gasteiger partial charge in [0.25, 0.3) is 15.9 Å². The van der Waals surface area contributed by atoms with E-state index in [-0.39, 0.29) is 16.7 Å². The summed E-state index contributed by atoms with van der Waals surface area (Å²) in [5, 5.41) is 19.6. The van der Waals surface area contributed by atoms with Crippen molar-refractivity contribution in [1.29, 1.82) is 0 Å². The smallest absolute Gasteiger partial charge is 0.327 e. The van der Waals surface area contributed by atoms with Gasteiger partial charge < -0.3 is 21.1 Å². The molecule has 236 valence electrons. The van der Waals surface area contributed by atoms with Gasteiger partial charge in [-0.1, -0.05) is 25.5 Å². The Bertz CT molecular complexity index is 1100. The molecule has 2 amide bonds. The Morgan fingerprint density at radius 2 is 1.48 bits per heavy atom. The summed E-state index contributed by atoms with van der Waals surface area (Å²) in [6.07, 6.45) is 9.40. The highest BCUT2D eigenvalue weighted by atomic mass is 32.2. The number of carbonyl (C=O) groups excluding carboxylic acids is 2. The first kappa shape index (κ1) is 34.0. The van der Waals surface area contributed by atoms with E-state index in [1.165, 1.54) is 19.1 Å². The van der Waals surface area contributed by atoms with Gasteiger partial charge in [0.05, 0.1) is 11.4 Å². The highest BCUT2D eigenvalue weighted by Gasteiger charge is 2.31. The molecule has 0 radical (unpaired) electrons. The molecule has 12 heteroatoms. The highest BCUT2D eigenvalue weighted by Crippen LogP contribution is 2.27. The van der Waals surface area contributed by atoms with Crippen molar-refractivity contribution in [2.24, 2.45) is 17.8 Å². The summed E-state index contributed by atoms with van der Waals surface area (Å²) in [5.74, 6) is -1.59. The normalized spacial score (nSPS) is 17.6. The van der Waals surface area contributed by atoms with Gasteiger partial charge in [-0.3, -0.25) is 9.59 Å². The number of hydrogen-bond donors (Lipinski definition) is 5. The van der Waals surface area contributed by atoms with Crippen LogP contribution in [0.5, 0.6) is 0 Å². The van der Waals surface area contributed by atoms with Gasteiger partial charge in [0.15, 0.2) is 0 Å². The van der Waals surface area contributed by atoms with Crippen molar-refractivity contribution < 1.29 is 27.9 Å². The number of nitrogens with zero attached hydrogens (tertiary/aromatic N) is 1. The van der Waals surface area contributed by atoms with E-state index >= 15 is 0 Å². The summed E-state index contributed by atoms with van der Waals surface area (Å²) in [7, 11) is -4.24. The number of rotatable bonds is 16. The van der Waals surface area contributed by atoms with E-state index in [1.807, 2.05) is 6.92 Å². The predicted octanol–water partition coefficient (Wildman–Crippen LogP) is 2.43. The van der Waals surface area contributed by atoms with Crippen LogP contribution in [-0.2, 0) is 30.8 Å². The van der Waals surface area contributed by atoms with E-state index in [9.17, 15) is 27.9 Å². The van der Waals surface area contributed by atoms with Crippen LogP contribution in [0.3, 0.4) is 0 Å². The number of carboxylic acid groups (broad SMARTS) is 1. The third-order valence-electron chi connectivity index (χ3n) is 8.55. The molecule has 2 aliphatic rings. The number of aliphatic carboxylic acids is 1. The van der Waals surface area contributed by atoms with Crippen LogP contribution in [-0.4, -0.2) is 75.1 Å². The molecule has 1 aromatic carbocycles. The molecular formula is C30H49N5O6S. The van der Waals surface area contributed by atoms with Crippen LogP contribution >= 0.6 is 0 Å². The zero-order valence-electron chi connectivity index (χ0n) is 25.1. The number of hydrazine groups is 1. The van der Waals surface area contributed by atoms with Gasteiger partial charge in [-0.25, -0.2) is 18.2 Å². The number of aryl methyl sites for hydroxylation is 1. The second-order valence-corrected chi connectivity index (χ2v) is 13.4. The van der Waals surface area contributed by atoms with E-state index < -0.39 is 34.5 Å². The van der Waals surface area contributed by atoms with Crippen LogP contribution in [0.4, 0.5) is 0 Å². The van der Waals surface area contributed by atoms with Gasteiger partial charge in [0.1, 0.15) is 6.04 Å².